The Balaban J connectivity index is 2.21. The maximum Gasteiger partial charge on any atom is 0.242 e. The first-order valence-corrected chi connectivity index (χ1v) is 8.21. The molecule has 1 aliphatic heterocycles. The van der Waals surface area contributed by atoms with Crippen LogP contribution in [0.2, 0.25) is 10.0 Å². The molecular formula is C12H13Cl2N3O2S. The highest BCUT2D eigenvalue weighted by atomic mass is 35.5. The summed E-state index contributed by atoms with van der Waals surface area (Å²) in [5, 5.41) is 9.33. The highest BCUT2D eigenvalue weighted by molar-refractivity contribution is 7.89. The zero-order valence-corrected chi connectivity index (χ0v) is 13.0. The number of nitriles is 1. The van der Waals surface area contributed by atoms with Crippen LogP contribution in [0.1, 0.15) is 13.3 Å². The van der Waals surface area contributed by atoms with Gasteiger partial charge in [0.25, 0.3) is 0 Å². The molecule has 0 saturated carbocycles. The lowest BCUT2D eigenvalue weighted by atomic mass is 10.2. The van der Waals surface area contributed by atoms with E-state index >= 15 is 0 Å². The normalized spacial score (nSPS) is 22.8. The average molecular weight is 334 g/mol. The maximum absolute atomic E-state index is 12.3. The van der Waals surface area contributed by atoms with E-state index in [1.165, 1.54) is 18.2 Å². The summed E-state index contributed by atoms with van der Waals surface area (Å²) in [7, 11) is -3.75. The molecule has 1 aromatic carbocycles. The van der Waals surface area contributed by atoms with Crippen LogP contribution in [0.25, 0.3) is 0 Å². The first-order chi connectivity index (χ1) is 9.33. The van der Waals surface area contributed by atoms with Gasteiger partial charge in [-0.25, -0.2) is 13.1 Å². The van der Waals surface area contributed by atoms with Crippen LogP contribution in [0.3, 0.4) is 0 Å². The van der Waals surface area contributed by atoms with Crippen molar-refractivity contribution in [3.63, 3.8) is 0 Å². The zero-order valence-electron chi connectivity index (χ0n) is 10.7. The fourth-order valence-corrected chi connectivity index (χ4v) is 4.22. The first kappa shape index (κ1) is 15.4. The Bertz CT molecular complexity index is 657. The largest absolute Gasteiger partial charge is 0.306 e. The van der Waals surface area contributed by atoms with Crippen molar-refractivity contribution in [1.29, 1.82) is 5.26 Å². The van der Waals surface area contributed by atoms with Crippen LogP contribution >= 0.6 is 23.2 Å². The average Bonchev–Trinajstić information content (AvgIpc) is 2.71. The summed E-state index contributed by atoms with van der Waals surface area (Å²) in [5.74, 6) is 0. The van der Waals surface area contributed by atoms with Crippen LogP contribution in [0.5, 0.6) is 0 Å². The minimum Gasteiger partial charge on any atom is -0.306 e. The number of hydrogen-bond donors (Lipinski definition) is 1. The number of nitrogens with one attached hydrogen (secondary N) is 1. The molecule has 1 N–H and O–H groups in total. The van der Waals surface area contributed by atoms with Crippen LogP contribution < -0.4 is 4.72 Å². The van der Waals surface area contributed by atoms with Gasteiger partial charge >= 0.3 is 0 Å². The number of halogens is 2. The third-order valence-corrected chi connectivity index (χ3v) is 5.44. The predicted molar refractivity (Wildman–Crippen MR) is 77.0 cm³/mol. The molecular weight excluding hydrogens is 321 g/mol. The van der Waals surface area contributed by atoms with Gasteiger partial charge in [0.1, 0.15) is 4.90 Å². The van der Waals surface area contributed by atoms with Crippen molar-refractivity contribution in [2.75, 3.05) is 6.54 Å². The third kappa shape index (κ3) is 3.18. The van der Waals surface area contributed by atoms with Gasteiger partial charge in [-0.15, -0.1) is 0 Å². The van der Waals surface area contributed by atoms with E-state index in [9.17, 15) is 8.42 Å². The Labute approximate surface area is 128 Å². The molecule has 2 atom stereocenters. The Morgan fingerprint density at radius 3 is 2.75 bits per heavy atom. The molecule has 8 heteroatoms. The maximum atomic E-state index is 12.3. The molecule has 0 aliphatic carbocycles. The van der Waals surface area contributed by atoms with Gasteiger partial charge in [-0.1, -0.05) is 23.2 Å². The summed E-state index contributed by atoms with van der Waals surface area (Å²) >= 11 is 11.7. The Morgan fingerprint density at radius 2 is 2.15 bits per heavy atom. The summed E-state index contributed by atoms with van der Waals surface area (Å²) < 4.78 is 27.2. The second-order valence-electron chi connectivity index (χ2n) is 4.73. The highest BCUT2D eigenvalue weighted by Crippen LogP contribution is 2.26. The number of likely N-dealkylation sites (tertiary alicyclic amines) is 1. The van der Waals surface area contributed by atoms with Crippen molar-refractivity contribution in [1.82, 2.24) is 9.62 Å². The molecule has 0 radical (unpaired) electrons. The van der Waals surface area contributed by atoms with Crippen LogP contribution in [-0.2, 0) is 10.0 Å². The van der Waals surface area contributed by atoms with Gasteiger partial charge in [-0.2, -0.15) is 5.26 Å². The van der Waals surface area contributed by atoms with Gasteiger partial charge in [0.15, 0.2) is 6.19 Å². The van der Waals surface area contributed by atoms with Crippen LogP contribution in [0.15, 0.2) is 23.1 Å². The van der Waals surface area contributed by atoms with Crippen molar-refractivity contribution < 1.29 is 8.42 Å². The van der Waals surface area contributed by atoms with Crippen LogP contribution in [0, 0.1) is 11.5 Å². The molecule has 1 aromatic rings. The predicted octanol–water partition coefficient (Wildman–Crippen LogP) is 2.22. The van der Waals surface area contributed by atoms with Gasteiger partial charge in [0.2, 0.25) is 10.0 Å². The number of rotatable bonds is 3. The Kier molecular flexibility index (Phi) is 4.45. The lowest BCUT2D eigenvalue weighted by Gasteiger charge is -2.14. The molecule has 108 valence electrons. The van der Waals surface area contributed by atoms with Gasteiger partial charge < -0.3 is 4.90 Å². The third-order valence-electron chi connectivity index (χ3n) is 3.21. The van der Waals surface area contributed by atoms with E-state index in [1.807, 2.05) is 13.1 Å². The molecule has 0 spiro atoms. The molecule has 2 rings (SSSR count). The van der Waals surface area contributed by atoms with Gasteiger partial charge in [-0.3, -0.25) is 0 Å². The molecule has 0 aromatic heterocycles. The summed E-state index contributed by atoms with van der Waals surface area (Å²) in [5.41, 5.74) is 0. The van der Waals surface area contributed by atoms with E-state index < -0.39 is 10.0 Å². The second-order valence-corrected chi connectivity index (χ2v) is 7.26. The standard InChI is InChI=1S/C12H13Cl2N3O2S/c1-8-4-10(6-17(8)7-15)16-20(18,19)12-5-9(13)2-3-11(12)14/h2-3,5,8,10,16H,4,6H2,1H3/t8-,10+/m0/s1. The number of sulfonamides is 1. The van der Waals surface area contributed by atoms with Crippen molar-refractivity contribution in [2.24, 2.45) is 0 Å². The highest BCUT2D eigenvalue weighted by Gasteiger charge is 2.32. The monoisotopic (exact) mass is 333 g/mol. The summed E-state index contributed by atoms with van der Waals surface area (Å²) in [6, 6.07) is 3.98. The fourth-order valence-electron chi connectivity index (χ4n) is 2.22. The molecule has 0 amide bonds. The minimum absolute atomic E-state index is 0.0162. The van der Waals surface area contributed by atoms with Crippen LogP contribution in [-0.4, -0.2) is 31.9 Å². The first-order valence-electron chi connectivity index (χ1n) is 5.97. The van der Waals surface area contributed by atoms with E-state index in [4.69, 9.17) is 28.5 Å². The SMILES string of the molecule is C[C@H]1C[C@@H](NS(=O)(=O)c2cc(Cl)ccc2Cl)CN1C#N. The minimum atomic E-state index is -3.75. The molecule has 1 fully saturated rings. The molecule has 20 heavy (non-hydrogen) atoms. The fraction of sp³-hybridized carbons (Fsp3) is 0.417. The molecule has 0 bridgehead atoms. The lowest BCUT2D eigenvalue weighted by Crippen LogP contribution is -2.36. The van der Waals surface area contributed by atoms with Crippen molar-refractivity contribution in [2.45, 2.75) is 30.3 Å². The molecule has 1 heterocycles. The molecule has 5 nitrogen and oxygen atoms in total. The van der Waals surface area contributed by atoms with E-state index in [2.05, 4.69) is 4.72 Å². The molecule has 1 saturated heterocycles. The van der Waals surface area contributed by atoms with Gasteiger partial charge in [0.05, 0.1) is 5.02 Å². The number of nitrogens with zero attached hydrogens (tertiary/aromatic N) is 2. The summed E-state index contributed by atoms with van der Waals surface area (Å²) in [6.45, 7) is 2.24. The van der Waals surface area contributed by atoms with Crippen molar-refractivity contribution >= 4 is 33.2 Å². The lowest BCUT2D eigenvalue weighted by molar-refractivity contribution is 0.386. The van der Waals surface area contributed by atoms with E-state index in [1.54, 1.807) is 4.90 Å². The van der Waals surface area contributed by atoms with E-state index in [-0.39, 0.29) is 22.0 Å². The smallest absolute Gasteiger partial charge is 0.242 e. The van der Waals surface area contributed by atoms with E-state index in [0.29, 0.717) is 18.0 Å². The zero-order chi connectivity index (χ0) is 14.9. The Hall–Kier alpha value is -1.00. The second kappa shape index (κ2) is 5.78. The van der Waals surface area contributed by atoms with Gasteiger partial charge in [-0.05, 0) is 31.5 Å². The summed E-state index contributed by atoms with van der Waals surface area (Å²) in [6.07, 6.45) is 2.62. The quantitative estimate of drug-likeness (QED) is 0.860. The topological polar surface area (TPSA) is 73.2 Å². The van der Waals surface area contributed by atoms with Crippen molar-refractivity contribution in [3.05, 3.63) is 28.2 Å². The number of hydrogen-bond acceptors (Lipinski definition) is 4. The van der Waals surface area contributed by atoms with E-state index in [0.717, 1.165) is 0 Å². The van der Waals surface area contributed by atoms with Crippen LogP contribution in [0.4, 0.5) is 0 Å². The van der Waals surface area contributed by atoms with Crippen molar-refractivity contribution in [3.8, 4) is 6.19 Å². The number of benzene rings is 1. The van der Waals surface area contributed by atoms with Gasteiger partial charge in [0, 0.05) is 23.7 Å². The molecule has 0 unspecified atom stereocenters. The molecule has 1 aliphatic rings. The summed E-state index contributed by atoms with van der Waals surface area (Å²) in [4.78, 5) is 1.50. The Morgan fingerprint density at radius 1 is 1.45 bits per heavy atom.